The Bertz CT molecular complexity index is 601. The van der Waals surface area contributed by atoms with Crippen molar-refractivity contribution in [1.29, 1.82) is 0 Å². The fourth-order valence-electron chi connectivity index (χ4n) is 2.39. The second kappa shape index (κ2) is 6.05. The van der Waals surface area contributed by atoms with Crippen LogP contribution in [-0.2, 0) is 6.54 Å². The van der Waals surface area contributed by atoms with Crippen LogP contribution >= 0.6 is 0 Å². The molecule has 3 N–H and O–H groups in total. The smallest absolute Gasteiger partial charge is 0.224 e. The van der Waals surface area contributed by atoms with Crippen LogP contribution in [-0.4, -0.2) is 29.1 Å². The second-order valence-electron chi connectivity index (χ2n) is 5.21. The number of nitrogens with one attached hydrogen (secondary N) is 1. The monoisotopic (exact) mass is 287 g/mol. The summed E-state index contributed by atoms with van der Waals surface area (Å²) in [6.45, 7) is 2.31. The number of hydrogen-bond donors (Lipinski definition) is 2. The Kier molecular flexibility index (Phi) is 3.96. The van der Waals surface area contributed by atoms with Gasteiger partial charge in [0.1, 0.15) is 11.6 Å². The zero-order valence-corrected chi connectivity index (χ0v) is 11.7. The highest BCUT2D eigenvalue weighted by molar-refractivity contribution is 5.44. The summed E-state index contributed by atoms with van der Waals surface area (Å²) in [5.41, 5.74) is 6.90. The summed E-state index contributed by atoms with van der Waals surface area (Å²) in [5.74, 6) is 1.22. The summed E-state index contributed by atoms with van der Waals surface area (Å²) in [6, 6.07) is 8.48. The van der Waals surface area contributed by atoms with Crippen molar-refractivity contribution in [2.75, 3.05) is 23.3 Å². The number of anilines is 2. The Morgan fingerprint density at radius 3 is 2.81 bits per heavy atom. The predicted octanol–water partition coefficient (Wildman–Crippen LogP) is 1.77. The highest BCUT2D eigenvalue weighted by Crippen LogP contribution is 2.18. The highest BCUT2D eigenvalue weighted by atomic mass is 19.1. The fraction of sp³-hybridized carbons (Fsp3) is 0.333. The summed E-state index contributed by atoms with van der Waals surface area (Å²) in [6.07, 6.45) is 2.72. The molecule has 1 unspecified atom stereocenters. The number of nitrogens with zero attached hydrogens (tertiary/aromatic N) is 3. The summed E-state index contributed by atoms with van der Waals surface area (Å²) in [5, 5.41) is 3.15. The molecule has 0 bridgehead atoms. The molecule has 0 saturated carbocycles. The molecule has 1 aliphatic rings. The van der Waals surface area contributed by atoms with E-state index in [4.69, 9.17) is 5.73 Å². The predicted molar refractivity (Wildman–Crippen MR) is 80.6 cm³/mol. The maximum absolute atomic E-state index is 12.8. The van der Waals surface area contributed by atoms with E-state index in [1.165, 1.54) is 12.1 Å². The normalized spacial score (nSPS) is 18.0. The van der Waals surface area contributed by atoms with Crippen molar-refractivity contribution in [2.45, 2.75) is 19.0 Å². The second-order valence-corrected chi connectivity index (χ2v) is 5.21. The lowest BCUT2D eigenvalue weighted by Crippen LogP contribution is -2.27. The van der Waals surface area contributed by atoms with Gasteiger partial charge in [-0.15, -0.1) is 0 Å². The topological polar surface area (TPSA) is 67.1 Å². The molecule has 0 amide bonds. The zero-order valence-electron chi connectivity index (χ0n) is 11.7. The van der Waals surface area contributed by atoms with Gasteiger partial charge in [0.25, 0.3) is 0 Å². The molecule has 1 saturated heterocycles. The van der Waals surface area contributed by atoms with E-state index in [2.05, 4.69) is 20.2 Å². The van der Waals surface area contributed by atoms with Gasteiger partial charge in [-0.1, -0.05) is 12.1 Å². The minimum atomic E-state index is -0.234. The molecular weight excluding hydrogens is 269 g/mol. The Morgan fingerprint density at radius 2 is 2.10 bits per heavy atom. The fourth-order valence-corrected chi connectivity index (χ4v) is 2.39. The summed E-state index contributed by atoms with van der Waals surface area (Å²) in [4.78, 5) is 10.9. The molecular formula is C15H18FN5. The Labute approximate surface area is 123 Å². The highest BCUT2D eigenvalue weighted by Gasteiger charge is 2.20. The van der Waals surface area contributed by atoms with Gasteiger partial charge in [-0.25, -0.2) is 9.37 Å². The van der Waals surface area contributed by atoms with Gasteiger partial charge in [-0.2, -0.15) is 4.98 Å². The number of halogens is 1. The van der Waals surface area contributed by atoms with Gasteiger partial charge in [0.05, 0.1) is 0 Å². The molecule has 5 nitrogen and oxygen atoms in total. The average molecular weight is 287 g/mol. The van der Waals surface area contributed by atoms with Crippen molar-refractivity contribution in [3.63, 3.8) is 0 Å². The Morgan fingerprint density at radius 1 is 1.29 bits per heavy atom. The van der Waals surface area contributed by atoms with Crippen LogP contribution in [0.25, 0.3) is 0 Å². The number of hydrogen-bond acceptors (Lipinski definition) is 5. The third-order valence-corrected chi connectivity index (χ3v) is 3.55. The molecule has 1 fully saturated rings. The van der Waals surface area contributed by atoms with E-state index < -0.39 is 0 Å². The van der Waals surface area contributed by atoms with Crippen LogP contribution in [0, 0.1) is 5.82 Å². The average Bonchev–Trinajstić information content (AvgIpc) is 2.94. The zero-order chi connectivity index (χ0) is 14.7. The Hall–Kier alpha value is -2.21. The van der Waals surface area contributed by atoms with Gasteiger partial charge in [0.2, 0.25) is 5.95 Å². The largest absolute Gasteiger partial charge is 0.355 e. The van der Waals surface area contributed by atoms with E-state index in [0.717, 1.165) is 30.9 Å². The first-order chi connectivity index (χ1) is 10.2. The van der Waals surface area contributed by atoms with Crippen molar-refractivity contribution < 1.29 is 4.39 Å². The lowest BCUT2D eigenvalue weighted by Gasteiger charge is -2.17. The summed E-state index contributed by atoms with van der Waals surface area (Å²) in [7, 11) is 0. The van der Waals surface area contributed by atoms with E-state index in [9.17, 15) is 4.39 Å². The number of nitrogens with two attached hydrogens (primary N) is 1. The standard InChI is InChI=1S/C15H18FN5/c16-12-3-1-11(2-4-12)9-19-15-18-7-5-14(20-15)21-8-6-13(17)10-21/h1-5,7,13H,6,8-10,17H2,(H,18,19,20). The molecule has 2 aromatic rings. The van der Waals surface area contributed by atoms with Crippen molar-refractivity contribution in [3.8, 4) is 0 Å². The van der Waals surface area contributed by atoms with Gasteiger partial charge in [-0.3, -0.25) is 0 Å². The third kappa shape index (κ3) is 3.46. The molecule has 1 atom stereocenters. The van der Waals surface area contributed by atoms with E-state index in [-0.39, 0.29) is 11.9 Å². The van der Waals surface area contributed by atoms with Crippen molar-refractivity contribution in [2.24, 2.45) is 5.73 Å². The van der Waals surface area contributed by atoms with Crippen LogP contribution in [0.5, 0.6) is 0 Å². The van der Waals surface area contributed by atoms with Gasteiger partial charge in [0.15, 0.2) is 0 Å². The van der Waals surface area contributed by atoms with Gasteiger partial charge in [-0.05, 0) is 30.2 Å². The van der Waals surface area contributed by atoms with Crippen LogP contribution in [0.2, 0.25) is 0 Å². The molecule has 110 valence electrons. The van der Waals surface area contributed by atoms with Crippen LogP contribution in [0.3, 0.4) is 0 Å². The first-order valence-electron chi connectivity index (χ1n) is 7.02. The maximum atomic E-state index is 12.8. The lowest BCUT2D eigenvalue weighted by molar-refractivity contribution is 0.627. The summed E-state index contributed by atoms with van der Waals surface area (Å²) >= 11 is 0. The Balaban J connectivity index is 1.64. The number of aromatic nitrogens is 2. The SMILES string of the molecule is NC1CCN(c2ccnc(NCc3ccc(F)cc3)n2)C1. The molecule has 1 aromatic carbocycles. The molecule has 0 aliphatic carbocycles. The number of benzene rings is 1. The maximum Gasteiger partial charge on any atom is 0.224 e. The molecule has 3 rings (SSSR count). The molecule has 6 heteroatoms. The number of rotatable bonds is 4. The molecule has 0 radical (unpaired) electrons. The van der Waals surface area contributed by atoms with Gasteiger partial charge >= 0.3 is 0 Å². The van der Waals surface area contributed by atoms with Gasteiger partial charge in [0, 0.05) is 31.9 Å². The molecule has 21 heavy (non-hydrogen) atoms. The van der Waals surface area contributed by atoms with E-state index in [0.29, 0.717) is 12.5 Å². The quantitative estimate of drug-likeness (QED) is 0.897. The summed E-state index contributed by atoms with van der Waals surface area (Å²) < 4.78 is 12.8. The lowest BCUT2D eigenvalue weighted by atomic mass is 10.2. The van der Waals surface area contributed by atoms with Crippen molar-refractivity contribution in [3.05, 3.63) is 47.9 Å². The first-order valence-corrected chi connectivity index (χ1v) is 7.02. The minimum absolute atomic E-state index is 0.218. The van der Waals surface area contributed by atoms with Crippen LogP contribution in [0.1, 0.15) is 12.0 Å². The van der Waals surface area contributed by atoms with Crippen LogP contribution in [0.4, 0.5) is 16.2 Å². The van der Waals surface area contributed by atoms with E-state index in [1.54, 1.807) is 18.3 Å². The molecule has 2 heterocycles. The van der Waals surface area contributed by atoms with Crippen molar-refractivity contribution in [1.82, 2.24) is 9.97 Å². The van der Waals surface area contributed by atoms with Crippen LogP contribution < -0.4 is 16.0 Å². The first kappa shape index (κ1) is 13.8. The molecule has 1 aliphatic heterocycles. The minimum Gasteiger partial charge on any atom is -0.355 e. The molecule has 1 aromatic heterocycles. The van der Waals surface area contributed by atoms with E-state index >= 15 is 0 Å². The molecule has 0 spiro atoms. The third-order valence-electron chi connectivity index (χ3n) is 3.55. The van der Waals surface area contributed by atoms with Gasteiger partial charge < -0.3 is 16.0 Å². The van der Waals surface area contributed by atoms with E-state index in [1.807, 2.05) is 6.07 Å². The van der Waals surface area contributed by atoms with Crippen molar-refractivity contribution >= 4 is 11.8 Å². The van der Waals surface area contributed by atoms with Crippen LogP contribution in [0.15, 0.2) is 36.5 Å².